The first-order chi connectivity index (χ1) is 16.3. The summed E-state index contributed by atoms with van der Waals surface area (Å²) in [6.45, 7) is 0.300. The molecule has 1 unspecified atom stereocenters. The number of carbonyl (C=O) groups is 3. The molecule has 0 aliphatic heterocycles. The third-order valence-electron chi connectivity index (χ3n) is 5.87. The first kappa shape index (κ1) is 23.0. The number of carboxylic acid groups (broad SMARTS) is 1. The van der Waals surface area contributed by atoms with Crippen molar-refractivity contribution in [2.75, 3.05) is 13.7 Å². The number of aliphatic carboxylic acids is 1. The number of carbonyl (C=O) groups excluding carboxylic acids is 2. The molecule has 0 radical (unpaired) electrons. The molecule has 2 N–H and O–H groups in total. The second-order valence-electron chi connectivity index (χ2n) is 8.34. The van der Waals surface area contributed by atoms with Crippen molar-refractivity contribution in [1.29, 1.82) is 0 Å². The van der Waals surface area contributed by atoms with Crippen LogP contribution in [0.1, 0.15) is 29.0 Å². The van der Waals surface area contributed by atoms with Gasteiger partial charge in [0.15, 0.2) is 0 Å². The highest BCUT2D eigenvalue weighted by atomic mass is 16.5. The maximum atomic E-state index is 12.9. The summed E-state index contributed by atoms with van der Waals surface area (Å²) in [5, 5.41) is 15.8. The Balaban J connectivity index is 1.41. The van der Waals surface area contributed by atoms with E-state index < -0.39 is 30.4 Å². The number of likely N-dealkylation sites (N-methyl/N-ethyl adjacent to an activating group) is 1. The van der Waals surface area contributed by atoms with Crippen LogP contribution in [0, 0.1) is 0 Å². The minimum atomic E-state index is -1.25. The molecule has 1 aromatic heterocycles. The van der Waals surface area contributed by atoms with E-state index in [9.17, 15) is 19.5 Å². The standard InChI is InChI=1S/C25H26N4O5/c1-28(13-16-12-26-29(2)14-16)24(32)22(11-23(30)31)27-25(33)34-15-21-19-9-5-3-7-17(19)18-8-4-6-10-20(18)21/h3-10,12,14,21-22H,11,13,15H2,1-2H3,(H,27,33)(H,30,31). The third-order valence-corrected chi connectivity index (χ3v) is 5.87. The third kappa shape index (κ3) is 4.93. The van der Waals surface area contributed by atoms with Crippen molar-refractivity contribution in [2.45, 2.75) is 24.9 Å². The number of amides is 2. The number of nitrogens with one attached hydrogen (secondary N) is 1. The smallest absolute Gasteiger partial charge is 0.407 e. The van der Waals surface area contributed by atoms with Crippen LogP contribution >= 0.6 is 0 Å². The normalized spacial score (nSPS) is 13.0. The zero-order chi connectivity index (χ0) is 24.2. The summed E-state index contributed by atoms with van der Waals surface area (Å²) in [5.74, 6) is -1.87. The molecule has 0 saturated carbocycles. The molecule has 0 saturated heterocycles. The highest BCUT2D eigenvalue weighted by molar-refractivity contribution is 5.89. The highest BCUT2D eigenvalue weighted by Crippen LogP contribution is 2.44. The van der Waals surface area contributed by atoms with Gasteiger partial charge in [-0.05, 0) is 22.3 Å². The van der Waals surface area contributed by atoms with E-state index in [4.69, 9.17) is 4.74 Å². The Morgan fingerprint density at radius 1 is 1.12 bits per heavy atom. The monoisotopic (exact) mass is 462 g/mol. The van der Waals surface area contributed by atoms with Gasteiger partial charge in [0.25, 0.3) is 0 Å². The highest BCUT2D eigenvalue weighted by Gasteiger charge is 2.31. The molecule has 3 aromatic rings. The fourth-order valence-electron chi connectivity index (χ4n) is 4.33. The Kier molecular flexibility index (Phi) is 6.62. The molecular weight excluding hydrogens is 436 g/mol. The zero-order valence-corrected chi connectivity index (χ0v) is 19.0. The van der Waals surface area contributed by atoms with Gasteiger partial charge in [0, 0.05) is 38.3 Å². The lowest BCUT2D eigenvalue weighted by atomic mass is 9.98. The number of alkyl carbamates (subject to hydrolysis) is 1. The number of aromatic nitrogens is 2. The number of aryl methyl sites for hydroxylation is 1. The molecule has 1 atom stereocenters. The minimum Gasteiger partial charge on any atom is -0.481 e. The van der Waals surface area contributed by atoms with E-state index in [0.717, 1.165) is 27.8 Å². The van der Waals surface area contributed by atoms with Gasteiger partial charge in [-0.3, -0.25) is 14.3 Å². The Hall–Kier alpha value is -4.14. The van der Waals surface area contributed by atoms with Crippen molar-refractivity contribution in [3.05, 3.63) is 77.6 Å². The first-order valence-corrected chi connectivity index (χ1v) is 10.9. The fourth-order valence-corrected chi connectivity index (χ4v) is 4.33. The average Bonchev–Trinajstić information content (AvgIpc) is 3.37. The number of fused-ring (bicyclic) bond motifs is 3. The second kappa shape index (κ2) is 9.78. The number of rotatable bonds is 8. The summed E-state index contributed by atoms with van der Waals surface area (Å²) in [5.41, 5.74) is 5.11. The molecule has 9 nitrogen and oxygen atoms in total. The molecule has 2 aromatic carbocycles. The Morgan fingerprint density at radius 3 is 2.29 bits per heavy atom. The van der Waals surface area contributed by atoms with Gasteiger partial charge in [0.1, 0.15) is 12.6 Å². The van der Waals surface area contributed by atoms with Gasteiger partial charge in [0.05, 0.1) is 12.6 Å². The number of hydrogen-bond acceptors (Lipinski definition) is 5. The molecule has 0 bridgehead atoms. The number of hydrogen-bond donors (Lipinski definition) is 2. The Labute approximate surface area is 196 Å². The van der Waals surface area contributed by atoms with Crippen LogP contribution in [-0.4, -0.2) is 57.5 Å². The second-order valence-corrected chi connectivity index (χ2v) is 8.34. The van der Waals surface area contributed by atoms with Gasteiger partial charge in [0.2, 0.25) is 5.91 Å². The van der Waals surface area contributed by atoms with Crippen LogP contribution in [0.15, 0.2) is 60.9 Å². The van der Waals surface area contributed by atoms with Gasteiger partial charge in [-0.1, -0.05) is 48.5 Å². The summed E-state index contributed by atoms with van der Waals surface area (Å²) >= 11 is 0. The van der Waals surface area contributed by atoms with Crippen molar-refractivity contribution < 1.29 is 24.2 Å². The Morgan fingerprint density at radius 2 is 1.74 bits per heavy atom. The van der Waals surface area contributed by atoms with E-state index >= 15 is 0 Å². The molecule has 176 valence electrons. The molecule has 1 heterocycles. The average molecular weight is 463 g/mol. The number of ether oxygens (including phenoxy) is 1. The Bertz CT molecular complexity index is 1180. The molecule has 34 heavy (non-hydrogen) atoms. The van der Waals surface area contributed by atoms with Crippen LogP contribution in [0.2, 0.25) is 0 Å². The van der Waals surface area contributed by atoms with E-state index in [1.54, 1.807) is 31.2 Å². The van der Waals surface area contributed by atoms with Gasteiger partial charge in [-0.25, -0.2) is 4.79 Å². The maximum absolute atomic E-state index is 12.9. The van der Waals surface area contributed by atoms with Crippen LogP contribution in [-0.2, 0) is 27.9 Å². The number of carboxylic acids is 1. The topological polar surface area (TPSA) is 114 Å². The molecule has 4 rings (SSSR count). The van der Waals surface area contributed by atoms with Crippen molar-refractivity contribution in [1.82, 2.24) is 20.0 Å². The van der Waals surface area contributed by atoms with Crippen molar-refractivity contribution in [3.8, 4) is 11.1 Å². The van der Waals surface area contributed by atoms with Crippen LogP contribution in [0.5, 0.6) is 0 Å². The molecule has 0 spiro atoms. The van der Waals surface area contributed by atoms with Crippen molar-refractivity contribution in [2.24, 2.45) is 7.05 Å². The minimum absolute atomic E-state index is 0.0688. The van der Waals surface area contributed by atoms with E-state index in [-0.39, 0.29) is 19.1 Å². The summed E-state index contributed by atoms with van der Waals surface area (Å²) < 4.78 is 7.08. The molecule has 1 aliphatic carbocycles. The quantitative estimate of drug-likeness (QED) is 0.532. The van der Waals surface area contributed by atoms with Crippen LogP contribution in [0.25, 0.3) is 11.1 Å². The predicted octanol–water partition coefficient (Wildman–Crippen LogP) is 2.76. The van der Waals surface area contributed by atoms with Crippen LogP contribution in [0.3, 0.4) is 0 Å². The lowest BCUT2D eigenvalue weighted by Crippen LogP contribution is -2.48. The van der Waals surface area contributed by atoms with Gasteiger partial charge in [-0.2, -0.15) is 5.10 Å². The summed E-state index contributed by atoms with van der Waals surface area (Å²) in [6, 6.07) is 14.6. The number of nitrogens with zero attached hydrogens (tertiary/aromatic N) is 3. The van der Waals surface area contributed by atoms with E-state index in [1.807, 2.05) is 48.5 Å². The van der Waals surface area contributed by atoms with Gasteiger partial charge < -0.3 is 20.1 Å². The van der Waals surface area contributed by atoms with Crippen LogP contribution in [0.4, 0.5) is 4.79 Å². The summed E-state index contributed by atoms with van der Waals surface area (Å²) in [6.07, 6.45) is 1.99. The lowest BCUT2D eigenvalue weighted by Gasteiger charge is -2.23. The summed E-state index contributed by atoms with van der Waals surface area (Å²) in [7, 11) is 3.31. The van der Waals surface area contributed by atoms with Gasteiger partial charge >= 0.3 is 12.1 Å². The SMILES string of the molecule is CN(Cc1cnn(C)c1)C(=O)C(CC(=O)O)NC(=O)OCC1c2ccccc2-c2ccccc21. The van der Waals surface area contributed by atoms with Crippen molar-refractivity contribution in [3.63, 3.8) is 0 Å². The summed E-state index contributed by atoms with van der Waals surface area (Å²) in [4.78, 5) is 38.2. The van der Waals surface area contributed by atoms with Crippen molar-refractivity contribution >= 4 is 18.0 Å². The fraction of sp³-hybridized carbons (Fsp3) is 0.280. The largest absolute Gasteiger partial charge is 0.481 e. The number of benzene rings is 2. The van der Waals surface area contributed by atoms with Gasteiger partial charge in [-0.15, -0.1) is 0 Å². The molecule has 1 aliphatic rings. The van der Waals surface area contributed by atoms with E-state index in [1.165, 1.54) is 4.90 Å². The van der Waals surface area contributed by atoms with E-state index in [2.05, 4.69) is 10.4 Å². The molecule has 9 heteroatoms. The zero-order valence-electron chi connectivity index (χ0n) is 19.0. The maximum Gasteiger partial charge on any atom is 0.407 e. The molecule has 0 fully saturated rings. The molecular formula is C25H26N4O5. The lowest BCUT2D eigenvalue weighted by molar-refractivity contribution is -0.142. The van der Waals surface area contributed by atoms with E-state index in [0.29, 0.717) is 0 Å². The predicted molar refractivity (Wildman–Crippen MR) is 124 cm³/mol. The molecule has 2 amide bonds. The van der Waals surface area contributed by atoms with Crippen LogP contribution < -0.4 is 5.32 Å². The first-order valence-electron chi connectivity index (χ1n) is 10.9.